The number of carbonyl (C=O) groups is 1. The molecule has 0 saturated heterocycles. The Morgan fingerprint density at radius 2 is 1.89 bits per heavy atom. The van der Waals surface area contributed by atoms with Gasteiger partial charge < -0.3 is 14.6 Å². The van der Waals surface area contributed by atoms with E-state index < -0.39 is 5.60 Å². The van der Waals surface area contributed by atoms with Crippen LogP contribution in [0, 0.1) is 46.8 Å². The molecule has 9 atom stereocenters. The molecule has 4 saturated carbocycles. The second kappa shape index (κ2) is 7.30. The molecule has 4 aliphatic rings. The Kier molecular flexibility index (Phi) is 5.31. The summed E-state index contributed by atoms with van der Waals surface area (Å²) in [5, 5.41) is 10.9. The summed E-state index contributed by atoms with van der Waals surface area (Å²) in [6.45, 7) is 6.91. The minimum absolute atomic E-state index is 0.0339. The first-order chi connectivity index (χ1) is 13.0. The molecule has 27 heavy (non-hydrogen) atoms. The van der Waals surface area contributed by atoms with Gasteiger partial charge in [0.05, 0.1) is 12.2 Å². The Bertz CT molecular complexity index is 566. The Balaban J connectivity index is 1.50. The van der Waals surface area contributed by atoms with Gasteiger partial charge in [0, 0.05) is 13.0 Å². The predicted octanol–water partition coefficient (Wildman–Crippen LogP) is 4.63. The normalized spacial score (nSPS) is 50.2. The van der Waals surface area contributed by atoms with Gasteiger partial charge in [-0.25, -0.2) is 0 Å². The average molecular weight is 375 g/mol. The minimum atomic E-state index is -0.592. The zero-order valence-corrected chi connectivity index (χ0v) is 17.2. The largest absolute Gasteiger partial charge is 0.387 e. The van der Waals surface area contributed by atoms with Gasteiger partial charge in [-0.2, -0.15) is 0 Å². The lowest BCUT2D eigenvalue weighted by atomic mass is 9.48. The molecular formula is C24H38O3. The van der Waals surface area contributed by atoms with Crippen LogP contribution in [0.25, 0.3) is 0 Å². The highest BCUT2D eigenvalue weighted by Gasteiger charge is 2.58. The zero-order chi connectivity index (χ0) is 19.2. The van der Waals surface area contributed by atoms with E-state index in [0.29, 0.717) is 23.9 Å². The van der Waals surface area contributed by atoms with Crippen molar-refractivity contribution in [1.29, 1.82) is 0 Å². The van der Waals surface area contributed by atoms with Crippen LogP contribution in [-0.2, 0) is 9.53 Å². The SMILES string of the molecule is C=C[C@H](C=O)[C@H]1CC[C@H]2[C@@H]3CC[C@@H]4C[C@](O)(COC)CC[C@@H]4[C@H]3CC[C@]12C. The molecule has 4 aliphatic carbocycles. The number of aliphatic hydroxyl groups is 1. The number of fused-ring (bicyclic) bond motifs is 5. The number of allylic oxidation sites excluding steroid dienone is 1. The quantitative estimate of drug-likeness (QED) is 0.563. The number of methoxy groups -OCH3 is 1. The molecule has 0 spiro atoms. The number of hydrogen-bond acceptors (Lipinski definition) is 3. The summed E-state index contributed by atoms with van der Waals surface area (Å²) in [5.41, 5.74) is -0.273. The molecular weight excluding hydrogens is 336 g/mol. The molecule has 0 heterocycles. The van der Waals surface area contributed by atoms with Gasteiger partial charge in [0.25, 0.3) is 0 Å². The molecule has 0 unspecified atom stereocenters. The van der Waals surface area contributed by atoms with Crippen LogP contribution in [0.4, 0.5) is 0 Å². The Morgan fingerprint density at radius 3 is 2.59 bits per heavy atom. The van der Waals surface area contributed by atoms with Crippen LogP contribution in [0.5, 0.6) is 0 Å². The van der Waals surface area contributed by atoms with Crippen molar-refractivity contribution in [3.05, 3.63) is 12.7 Å². The molecule has 4 fully saturated rings. The molecule has 4 rings (SSSR count). The summed E-state index contributed by atoms with van der Waals surface area (Å²) in [6, 6.07) is 0. The Hall–Kier alpha value is -0.670. The van der Waals surface area contributed by atoms with E-state index in [9.17, 15) is 9.90 Å². The number of rotatable bonds is 5. The van der Waals surface area contributed by atoms with Crippen LogP contribution in [-0.4, -0.2) is 30.7 Å². The predicted molar refractivity (Wildman–Crippen MR) is 107 cm³/mol. The number of ether oxygens (including phenoxy) is 1. The van der Waals surface area contributed by atoms with Crippen molar-refractivity contribution in [2.45, 2.75) is 70.3 Å². The number of aldehydes is 1. The summed E-state index contributed by atoms with van der Waals surface area (Å²) < 4.78 is 5.31. The second-order valence-electron chi connectivity index (χ2n) is 10.5. The van der Waals surface area contributed by atoms with Crippen molar-refractivity contribution in [3.63, 3.8) is 0 Å². The van der Waals surface area contributed by atoms with Crippen molar-refractivity contribution in [3.8, 4) is 0 Å². The third-order valence-electron chi connectivity index (χ3n) is 9.48. The first kappa shape index (κ1) is 19.6. The lowest BCUT2D eigenvalue weighted by Gasteiger charge is -2.57. The molecule has 0 aromatic rings. The highest BCUT2D eigenvalue weighted by molar-refractivity contribution is 5.57. The van der Waals surface area contributed by atoms with Crippen molar-refractivity contribution in [2.24, 2.45) is 46.8 Å². The van der Waals surface area contributed by atoms with Gasteiger partial charge in [-0.1, -0.05) is 13.0 Å². The fourth-order valence-corrected chi connectivity index (χ4v) is 8.35. The topological polar surface area (TPSA) is 46.5 Å². The Labute approximate surface area is 164 Å². The van der Waals surface area contributed by atoms with Gasteiger partial charge in [-0.15, -0.1) is 6.58 Å². The molecule has 3 heteroatoms. The van der Waals surface area contributed by atoms with Crippen molar-refractivity contribution in [2.75, 3.05) is 13.7 Å². The van der Waals surface area contributed by atoms with Gasteiger partial charge in [0.2, 0.25) is 0 Å². The minimum Gasteiger partial charge on any atom is -0.387 e. The van der Waals surface area contributed by atoms with Crippen molar-refractivity contribution >= 4 is 6.29 Å². The van der Waals surface area contributed by atoms with E-state index in [1.54, 1.807) is 7.11 Å². The molecule has 0 aliphatic heterocycles. The highest BCUT2D eigenvalue weighted by Crippen LogP contribution is 2.65. The lowest BCUT2D eigenvalue weighted by molar-refractivity contribution is -0.127. The molecule has 3 nitrogen and oxygen atoms in total. The van der Waals surface area contributed by atoms with E-state index in [4.69, 9.17) is 4.74 Å². The van der Waals surface area contributed by atoms with Crippen LogP contribution in [0.1, 0.15) is 64.7 Å². The summed E-state index contributed by atoms with van der Waals surface area (Å²) in [4.78, 5) is 11.6. The standard InChI is InChI=1S/C24H38O3/c1-4-16(14-25)21-7-8-22-20-6-5-17-13-24(26,15-27-3)12-10-18(17)19(20)9-11-23(21,22)2/h4,14,16-22,26H,1,5-13,15H2,2-3H3/t16-,17-,18+,19-,20-,21-,22+,23-,24+/m1/s1. The number of carbonyl (C=O) groups excluding carboxylic acids is 1. The van der Waals surface area contributed by atoms with E-state index >= 15 is 0 Å². The van der Waals surface area contributed by atoms with Crippen molar-refractivity contribution in [1.82, 2.24) is 0 Å². The van der Waals surface area contributed by atoms with Gasteiger partial charge in [0.1, 0.15) is 6.29 Å². The molecule has 0 amide bonds. The van der Waals surface area contributed by atoms with Crippen LogP contribution in [0.15, 0.2) is 12.7 Å². The Morgan fingerprint density at radius 1 is 1.11 bits per heavy atom. The summed E-state index contributed by atoms with van der Waals surface area (Å²) in [7, 11) is 1.70. The van der Waals surface area contributed by atoms with Gasteiger partial charge in [-0.05, 0) is 98.7 Å². The average Bonchev–Trinajstić information content (AvgIpc) is 3.00. The first-order valence-electron chi connectivity index (χ1n) is 11.2. The summed E-state index contributed by atoms with van der Waals surface area (Å²) in [5.74, 6) is 4.46. The maximum Gasteiger partial charge on any atom is 0.127 e. The second-order valence-corrected chi connectivity index (χ2v) is 10.5. The number of hydrogen-bond donors (Lipinski definition) is 1. The molecule has 0 aromatic carbocycles. The first-order valence-corrected chi connectivity index (χ1v) is 11.2. The molecule has 0 radical (unpaired) electrons. The molecule has 0 aromatic heterocycles. The third kappa shape index (κ3) is 3.13. The molecule has 1 N–H and O–H groups in total. The van der Waals surface area contributed by atoms with Gasteiger partial charge >= 0.3 is 0 Å². The van der Waals surface area contributed by atoms with E-state index in [1.807, 2.05) is 6.08 Å². The van der Waals surface area contributed by atoms with Crippen LogP contribution in [0.3, 0.4) is 0 Å². The third-order valence-corrected chi connectivity index (χ3v) is 9.48. The smallest absolute Gasteiger partial charge is 0.127 e. The van der Waals surface area contributed by atoms with Gasteiger partial charge in [-0.3, -0.25) is 0 Å². The summed E-state index contributed by atoms with van der Waals surface area (Å²) in [6.07, 6.45) is 13.7. The van der Waals surface area contributed by atoms with E-state index in [2.05, 4.69) is 13.5 Å². The zero-order valence-electron chi connectivity index (χ0n) is 17.2. The van der Waals surface area contributed by atoms with E-state index in [-0.39, 0.29) is 5.92 Å². The molecule has 0 bridgehead atoms. The van der Waals surface area contributed by atoms with Crippen LogP contribution >= 0.6 is 0 Å². The lowest BCUT2D eigenvalue weighted by Crippen LogP contribution is -2.52. The maximum atomic E-state index is 11.6. The fourth-order valence-electron chi connectivity index (χ4n) is 8.35. The van der Waals surface area contributed by atoms with E-state index in [1.165, 1.54) is 44.9 Å². The van der Waals surface area contributed by atoms with Crippen LogP contribution in [0.2, 0.25) is 0 Å². The van der Waals surface area contributed by atoms with Crippen molar-refractivity contribution < 1.29 is 14.6 Å². The summed E-state index contributed by atoms with van der Waals surface area (Å²) >= 11 is 0. The molecule has 152 valence electrons. The van der Waals surface area contributed by atoms with Gasteiger partial charge in [0.15, 0.2) is 0 Å². The fraction of sp³-hybridized carbons (Fsp3) is 0.875. The highest BCUT2D eigenvalue weighted by atomic mass is 16.5. The van der Waals surface area contributed by atoms with Crippen LogP contribution < -0.4 is 0 Å². The van der Waals surface area contributed by atoms with E-state index in [0.717, 1.165) is 42.8 Å². The maximum absolute atomic E-state index is 11.6. The monoisotopic (exact) mass is 374 g/mol.